The van der Waals surface area contributed by atoms with E-state index in [1.807, 2.05) is 0 Å². The zero-order valence-corrected chi connectivity index (χ0v) is 20.5. The second-order valence-corrected chi connectivity index (χ2v) is 8.32. The van der Waals surface area contributed by atoms with Crippen molar-refractivity contribution < 1.29 is 49.0 Å². The topological polar surface area (TPSA) is 18.5 Å². The normalized spacial score (nSPS) is 11.0. The second kappa shape index (κ2) is 11.7. The standard InChI is InChI=1S/C30H15F9O2/c1-2-9-40-19-6-4-17(5-7-19)18-12-22(31)21(23(32)13-18)8-3-16-10-24(33)28(25(34)11-16)30(38,39)41-20-14-26(35)29(37)27(36)15-20/h2,4-7,10-15H,1,9H2. The van der Waals surface area contributed by atoms with Gasteiger partial charge in [-0.05, 0) is 47.5 Å². The molecule has 0 atom stereocenters. The van der Waals surface area contributed by atoms with Gasteiger partial charge in [0.05, 0.1) is 5.56 Å². The first-order valence-corrected chi connectivity index (χ1v) is 11.5. The van der Waals surface area contributed by atoms with Gasteiger partial charge in [-0.1, -0.05) is 36.6 Å². The molecule has 0 aliphatic heterocycles. The largest absolute Gasteiger partial charge is 0.490 e. The van der Waals surface area contributed by atoms with E-state index in [0.717, 1.165) is 12.1 Å². The monoisotopic (exact) mass is 578 g/mol. The van der Waals surface area contributed by atoms with Crippen LogP contribution in [0.1, 0.15) is 16.7 Å². The number of hydrogen-bond donors (Lipinski definition) is 0. The molecule has 0 aliphatic carbocycles. The first kappa shape index (κ1) is 29.1. The molecule has 0 unspecified atom stereocenters. The van der Waals surface area contributed by atoms with E-state index in [1.165, 1.54) is 0 Å². The van der Waals surface area contributed by atoms with Gasteiger partial charge in [0.1, 0.15) is 46.9 Å². The van der Waals surface area contributed by atoms with Crippen LogP contribution in [0.25, 0.3) is 11.1 Å². The molecule has 4 rings (SSSR count). The Balaban J connectivity index is 1.59. The van der Waals surface area contributed by atoms with Gasteiger partial charge < -0.3 is 9.47 Å². The molecule has 0 radical (unpaired) electrons. The summed E-state index contributed by atoms with van der Waals surface area (Å²) in [6, 6.07) is 9.06. The minimum atomic E-state index is -4.80. The molecule has 41 heavy (non-hydrogen) atoms. The zero-order chi connectivity index (χ0) is 29.9. The molecule has 0 spiro atoms. The summed E-state index contributed by atoms with van der Waals surface area (Å²) in [4.78, 5) is 0. The Labute approximate surface area is 227 Å². The number of benzene rings is 4. The molecule has 0 aliphatic rings. The molecular weight excluding hydrogens is 563 g/mol. The van der Waals surface area contributed by atoms with E-state index < -0.39 is 69.3 Å². The molecule has 0 saturated carbocycles. The number of ether oxygens (including phenoxy) is 2. The number of alkyl halides is 2. The third-order valence-corrected chi connectivity index (χ3v) is 5.47. The Hall–Kier alpha value is -4.85. The maximum absolute atomic E-state index is 14.7. The summed E-state index contributed by atoms with van der Waals surface area (Å²) in [7, 11) is 0. The van der Waals surface area contributed by atoms with Crippen molar-refractivity contribution in [1.82, 2.24) is 0 Å². The maximum Gasteiger partial charge on any atom is 0.432 e. The van der Waals surface area contributed by atoms with E-state index in [2.05, 4.69) is 23.2 Å². The Kier molecular flexibility index (Phi) is 8.33. The fraction of sp³-hybridized carbons (Fsp3) is 0.0667. The van der Waals surface area contributed by atoms with Crippen molar-refractivity contribution in [2.75, 3.05) is 6.61 Å². The van der Waals surface area contributed by atoms with Crippen LogP contribution in [0.5, 0.6) is 11.5 Å². The molecule has 0 N–H and O–H groups in total. The first-order chi connectivity index (χ1) is 19.4. The summed E-state index contributed by atoms with van der Waals surface area (Å²) in [5.74, 6) is -8.26. The Morgan fingerprint density at radius 2 is 1.22 bits per heavy atom. The van der Waals surface area contributed by atoms with Crippen LogP contribution in [0.15, 0.2) is 73.3 Å². The van der Waals surface area contributed by atoms with E-state index in [-0.39, 0.29) is 24.3 Å². The number of hydrogen-bond acceptors (Lipinski definition) is 2. The summed E-state index contributed by atoms with van der Waals surface area (Å²) in [6.07, 6.45) is -3.26. The van der Waals surface area contributed by atoms with Crippen molar-refractivity contribution in [2.24, 2.45) is 0 Å². The highest BCUT2D eigenvalue weighted by molar-refractivity contribution is 5.66. The van der Waals surface area contributed by atoms with Crippen molar-refractivity contribution in [2.45, 2.75) is 6.11 Å². The first-order valence-electron chi connectivity index (χ1n) is 11.5. The van der Waals surface area contributed by atoms with Crippen molar-refractivity contribution in [3.8, 4) is 34.5 Å². The smallest absolute Gasteiger partial charge is 0.432 e. The summed E-state index contributed by atoms with van der Waals surface area (Å²) in [5, 5.41) is 0. The van der Waals surface area contributed by atoms with Crippen LogP contribution in [-0.4, -0.2) is 6.61 Å². The molecule has 11 heteroatoms. The van der Waals surface area contributed by atoms with E-state index >= 15 is 0 Å². The summed E-state index contributed by atoms with van der Waals surface area (Å²) < 4.78 is 136. The Morgan fingerprint density at radius 3 is 1.76 bits per heavy atom. The van der Waals surface area contributed by atoms with Gasteiger partial charge in [0.25, 0.3) is 0 Å². The molecule has 210 valence electrons. The Bertz CT molecular complexity index is 1620. The van der Waals surface area contributed by atoms with Crippen LogP contribution in [0, 0.1) is 52.6 Å². The fourth-order valence-corrected chi connectivity index (χ4v) is 3.61. The lowest BCUT2D eigenvalue weighted by Crippen LogP contribution is -2.25. The number of rotatable bonds is 7. The molecule has 0 fully saturated rings. The van der Waals surface area contributed by atoms with Gasteiger partial charge in [-0.3, -0.25) is 0 Å². The highest BCUT2D eigenvalue weighted by atomic mass is 19.3. The molecule has 0 heterocycles. The van der Waals surface area contributed by atoms with Gasteiger partial charge in [0.2, 0.25) is 0 Å². The van der Waals surface area contributed by atoms with Crippen LogP contribution in [0.2, 0.25) is 0 Å². The van der Waals surface area contributed by atoms with Gasteiger partial charge in [-0.25, -0.2) is 30.7 Å². The SMILES string of the molecule is C=CCOc1ccc(-c2cc(F)c(C#Cc3cc(F)c(C(F)(F)Oc4cc(F)c(F)c(F)c4)c(F)c3)c(F)c2)cc1. The lowest BCUT2D eigenvalue weighted by atomic mass is 10.0. The van der Waals surface area contributed by atoms with Crippen molar-refractivity contribution in [3.63, 3.8) is 0 Å². The summed E-state index contributed by atoms with van der Waals surface area (Å²) in [5.41, 5.74) is -2.67. The van der Waals surface area contributed by atoms with E-state index in [9.17, 15) is 39.5 Å². The molecule has 0 saturated heterocycles. The highest BCUT2D eigenvalue weighted by Crippen LogP contribution is 2.36. The predicted octanol–water partition coefficient (Wildman–Crippen LogP) is 8.42. The molecule has 4 aromatic carbocycles. The van der Waals surface area contributed by atoms with E-state index in [0.29, 0.717) is 23.4 Å². The summed E-state index contributed by atoms with van der Waals surface area (Å²) in [6.45, 7) is 3.79. The zero-order valence-electron chi connectivity index (χ0n) is 20.5. The van der Waals surface area contributed by atoms with Crippen molar-refractivity contribution in [3.05, 3.63) is 131 Å². The van der Waals surface area contributed by atoms with Crippen LogP contribution < -0.4 is 9.47 Å². The minimum absolute atomic E-state index is 0.0597. The second-order valence-electron chi connectivity index (χ2n) is 8.32. The minimum Gasteiger partial charge on any atom is -0.490 e. The average molecular weight is 578 g/mol. The van der Waals surface area contributed by atoms with Crippen LogP contribution in [0.3, 0.4) is 0 Å². The quantitative estimate of drug-likeness (QED) is 0.0949. The number of halogens is 9. The van der Waals surface area contributed by atoms with Crippen LogP contribution >= 0.6 is 0 Å². The van der Waals surface area contributed by atoms with Gasteiger partial charge in [-0.15, -0.1) is 0 Å². The van der Waals surface area contributed by atoms with E-state index in [1.54, 1.807) is 30.3 Å². The van der Waals surface area contributed by atoms with Gasteiger partial charge in [-0.2, -0.15) is 8.78 Å². The molecule has 0 aromatic heterocycles. The van der Waals surface area contributed by atoms with Crippen molar-refractivity contribution in [1.29, 1.82) is 0 Å². The third kappa shape index (κ3) is 6.49. The van der Waals surface area contributed by atoms with Crippen LogP contribution in [0.4, 0.5) is 39.5 Å². The molecular formula is C30H15F9O2. The lowest BCUT2D eigenvalue weighted by Gasteiger charge is -2.19. The lowest BCUT2D eigenvalue weighted by molar-refractivity contribution is -0.189. The van der Waals surface area contributed by atoms with Gasteiger partial charge in [0.15, 0.2) is 17.5 Å². The third-order valence-electron chi connectivity index (χ3n) is 5.47. The van der Waals surface area contributed by atoms with Gasteiger partial charge in [0, 0.05) is 17.7 Å². The Morgan fingerprint density at radius 1 is 0.659 bits per heavy atom. The molecule has 0 bridgehead atoms. The van der Waals surface area contributed by atoms with Crippen LogP contribution in [-0.2, 0) is 6.11 Å². The predicted molar refractivity (Wildman–Crippen MR) is 131 cm³/mol. The fourth-order valence-electron chi connectivity index (χ4n) is 3.61. The molecule has 4 aromatic rings. The van der Waals surface area contributed by atoms with E-state index in [4.69, 9.17) is 4.74 Å². The summed E-state index contributed by atoms with van der Waals surface area (Å²) >= 11 is 0. The molecule has 0 amide bonds. The average Bonchev–Trinajstić information content (AvgIpc) is 2.89. The maximum atomic E-state index is 14.7. The van der Waals surface area contributed by atoms with Crippen molar-refractivity contribution >= 4 is 0 Å². The highest BCUT2D eigenvalue weighted by Gasteiger charge is 2.41. The van der Waals surface area contributed by atoms with Gasteiger partial charge >= 0.3 is 6.11 Å². The molecule has 2 nitrogen and oxygen atoms in total.